The summed E-state index contributed by atoms with van der Waals surface area (Å²) >= 11 is 0. The molecular formula is C17H26N2O4S. The normalized spacial score (nSPS) is 18.9. The van der Waals surface area contributed by atoms with Gasteiger partial charge in [0.1, 0.15) is 0 Å². The maximum Gasteiger partial charge on any atom is 0.231 e. The van der Waals surface area contributed by atoms with Crippen molar-refractivity contribution in [1.29, 1.82) is 0 Å². The molecule has 1 atom stereocenters. The number of ether oxygens (including phenoxy) is 2. The number of unbranched alkanes of at least 4 members (excludes halogenated alkanes) is 1. The molecule has 1 N–H and O–H groups in total. The summed E-state index contributed by atoms with van der Waals surface area (Å²) in [6.07, 6.45) is 3.87. The van der Waals surface area contributed by atoms with Crippen molar-refractivity contribution >= 4 is 10.0 Å². The number of hydrogen-bond acceptors (Lipinski definition) is 5. The van der Waals surface area contributed by atoms with Crippen molar-refractivity contribution in [2.24, 2.45) is 0 Å². The number of likely N-dealkylation sites (tertiary alicyclic amines) is 1. The van der Waals surface area contributed by atoms with E-state index < -0.39 is 10.0 Å². The SMILES string of the molecule is CCCCS(=O)(=O)NCC(c1ccc2c(c1)OCO2)N1CCCC1. The van der Waals surface area contributed by atoms with Crippen LogP contribution < -0.4 is 14.2 Å². The molecule has 24 heavy (non-hydrogen) atoms. The van der Waals surface area contributed by atoms with E-state index in [4.69, 9.17) is 9.47 Å². The summed E-state index contributed by atoms with van der Waals surface area (Å²) in [5.74, 6) is 1.69. The molecule has 134 valence electrons. The minimum Gasteiger partial charge on any atom is -0.454 e. The van der Waals surface area contributed by atoms with E-state index >= 15 is 0 Å². The fraction of sp³-hybridized carbons (Fsp3) is 0.647. The lowest BCUT2D eigenvalue weighted by Crippen LogP contribution is -2.37. The zero-order valence-electron chi connectivity index (χ0n) is 14.2. The quantitative estimate of drug-likeness (QED) is 0.776. The Kier molecular flexibility index (Phi) is 5.63. The van der Waals surface area contributed by atoms with Gasteiger partial charge in [-0.1, -0.05) is 19.4 Å². The highest BCUT2D eigenvalue weighted by molar-refractivity contribution is 7.89. The number of rotatable bonds is 8. The first-order valence-corrected chi connectivity index (χ1v) is 10.4. The molecule has 7 heteroatoms. The van der Waals surface area contributed by atoms with Crippen molar-refractivity contribution < 1.29 is 17.9 Å². The van der Waals surface area contributed by atoms with E-state index in [2.05, 4.69) is 9.62 Å². The molecule has 0 aliphatic carbocycles. The molecule has 1 saturated heterocycles. The summed E-state index contributed by atoms with van der Waals surface area (Å²) in [4.78, 5) is 2.35. The van der Waals surface area contributed by atoms with Crippen molar-refractivity contribution in [2.45, 2.75) is 38.6 Å². The molecule has 0 radical (unpaired) electrons. The highest BCUT2D eigenvalue weighted by atomic mass is 32.2. The summed E-state index contributed by atoms with van der Waals surface area (Å²) in [5, 5.41) is 0. The summed E-state index contributed by atoms with van der Waals surface area (Å²) in [7, 11) is -3.22. The molecule has 1 aromatic rings. The Hall–Kier alpha value is -1.31. The molecule has 6 nitrogen and oxygen atoms in total. The van der Waals surface area contributed by atoms with Gasteiger partial charge >= 0.3 is 0 Å². The van der Waals surface area contributed by atoms with Gasteiger partial charge in [0.05, 0.1) is 5.75 Å². The van der Waals surface area contributed by atoms with E-state index in [9.17, 15) is 8.42 Å². The van der Waals surface area contributed by atoms with Crippen molar-refractivity contribution in [3.8, 4) is 11.5 Å². The first kappa shape index (κ1) is 17.5. The standard InChI is InChI=1S/C17H26N2O4S/c1-2-3-10-24(20,21)18-12-15(19-8-4-5-9-19)14-6-7-16-17(11-14)23-13-22-16/h6-7,11,15,18H,2-5,8-10,12-13H2,1H3. The molecule has 2 heterocycles. The Morgan fingerprint density at radius 2 is 1.96 bits per heavy atom. The smallest absolute Gasteiger partial charge is 0.231 e. The molecule has 1 fully saturated rings. The molecule has 2 aliphatic rings. The van der Waals surface area contributed by atoms with Gasteiger partial charge in [-0.15, -0.1) is 0 Å². The van der Waals surface area contributed by atoms with Gasteiger partial charge < -0.3 is 9.47 Å². The highest BCUT2D eigenvalue weighted by Crippen LogP contribution is 2.36. The van der Waals surface area contributed by atoms with Gasteiger partial charge in [0.2, 0.25) is 16.8 Å². The Bertz CT molecular complexity index is 657. The van der Waals surface area contributed by atoms with Gasteiger partial charge in [-0.25, -0.2) is 13.1 Å². The minimum absolute atomic E-state index is 0.0263. The van der Waals surface area contributed by atoms with Crippen LogP contribution in [0.15, 0.2) is 18.2 Å². The first-order valence-electron chi connectivity index (χ1n) is 8.70. The average molecular weight is 354 g/mol. The van der Waals surface area contributed by atoms with Gasteiger partial charge in [-0.3, -0.25) is 4.90 Å². The lowest BCUT2D eigenvalue weighted by atomic mass is 10.1. The van der Waals surface area contributed by atoms with Gasteiger partial charge in [-0.2, -0.15) is 0 Å². The average Bonchev–Trinajstić information content (AvgIpc) is 3.24. The van der Waals surface area contributed by atoms with Gasteiger partial charge in [-0.05, 0) is 50.0 Å². The lowest BCUT2D eigenvalue weighted by molar-refractivity contribution is 0.173. The summed E-state index contributed by atoms with van der Waals surface area (Å²) in [5.41, 5.74) is 1.07. The summed E-state index contributed by atoms with van der Waals surface area (Å²) in [6.45, 7) is 4.63. The Labute approximate surface area is 144 Å². The third kappa shape index (κ3) is 4.20. The number of fused-ring (bicyclic) bond motifs is 1. The Balaban J connectivity index is 1.74. The van der Waals surface area contributed by atoms with Crippen LogP contribution in [0.1, 0.15) is 44.2 Å². The number of hydrogen-bond donors (Lipinski definition) is 1. The fourth-order valence-electron chi connectivity index (χ4n) is 3.24. The third-order valence-corrected chi connectivity index (χ3v) is 6.06. The molecule has 2 aliphatic heterocycles. The van der Waals surface area contributed by atoms with E-state index in [1.165, 1.54) is 0 Å². The van der Waals surface area contributed by atoms with Crippen molar-refractivity contribution in [1.82, 2.24) is 9.62 Å². The topological polar surface area (TPSA) is 67.9 Å². The molecule has 1 unspecified atom stereocenters. The first-order chi connectivity index (χ1) is 11.6. The van der Waals surface area contributed by atoms with Crippen LogP contribution >= 0.6 is 0 Å². The number of nitrogens with zero attached hydrogens (tertiary/aromatic N) is 1. The van der Waals surface area contributed by atoms with Crippen LogP contribution in [-0.4, -0.2) is 45.5 Å². The summed E-state index contributed by atoms with van der Waals surface area (Å²) < 4.78 is 37.9. The zero-order chi connectivity index (χ0) is 17.0. The van der Waals surface area contributed by atoms with Crippen LogP contribution in [0.5, 0.6) is 11.5 Å². The molecule has 0 amide bonds. The monoisotopic (exact) mass is 354 g/mol. The van der Waals surface area contributed by atoms with Crippen LogP contribution in [0.25, 0.3) is 0 Å². The van der Waals surface area contributed by atoms with Crippen LogP contribution in [0, 0.1) is 0 Å². The van der Waals surface area contributed by atoms with Crippen LogP contribution in [0.2, 0.25) is 0 Å². The molecule has 3 rings (SSSR count). The molecule has 0 bridgehead atoms. The van der Waals surface area contributed by atoms with Crippen LogP contribution in [0.3, 0.4) is 0 Å². The molecule has 1 aromatic carbocycles. The van der Waals surface area contributed by atoms with Gasteiger partial charge in [0.25, 0.3) is 0 Å². The molecule has 0 aromatic heterocycles. The van der Waals surface area contributed by atoms with E-state index in [0.29, 0.717) is 13.0 Å². The predicted molar refractivity (Wildman–Crippen MR) is 92.8 cm³/mol. The molecule has 0 spiro atoms. The number of benzene rings is 1. The Morgan fingerprint density at radius 1 is 1.21 bits per heavy atom. The van der Waals surface area contributed by atoms with Gasteiger partial charge in [0.15, 0.2) is 11.5 Å². The predicted octanol–water partition coefficient (Wildman–Crippen LogP) is 2.27. The van der Waals surface area contributed by atoms with Gasteiger partial charge in [0, 0.05) is 12.6 Å². The second kappa shape index (κ2) is 7.72. The maximum absolute atomic E-state index is 12.2. The van der Waals surface area contributed by atoms with E-state index in [1.807, 2.05) is 25.1 Å². The van der Waals surface area contributed by atoms with Crippen molar-refractivity contribution in [3.63, 3.8) is 0 Å². The molecular weight excluding hydrogens is 328 g/mol. The number of nitrogens with one attached hydrogen (secondary N) is 1. The largest absolute Gasteiger partial charge is 0.454 e. The summed E-state index contributed by atoms with van der Waals surface area (Å²) in [6, 6.07) is 5.92. The van der Waals surface area contributed by atoms with Crippen LogP contribution in [-0.2, 0) is 10.0 Å². The number of sulfonamides is 1. The van der Waals surface area contributed by atoms with E-state index in [-0.39, 0.29) is 18.6 Å². The third-order valence-electron chi connectivity index (χ3n) is 4.63. The van der Waals surface area contributed by atoms with Crippen molar-refractivity contribution in [2.75, 3.05) is 32.2 Å². The second-order valence-electron chi connectivity index (χ2n) is 6.39. The van der Waals surface area contributed by atoms with Crippen molar-refractivity contribution in [3.05, 3.63) is 23.8 Å². The van der Waals surface area contributed by atoms with E-state index in [0.717, 1.165) is 49.4 Å². The second-order valence-corrected chi connectivity index (χ2v) is 8.32. The fourth-order valence-corrected chi connectivity index (χ4v) is 4.47. The Morgan fingerprint density at radius 3 is 2.71 bits per heavy atom. The minimum atomic E-state index is -3.22. The zero-order valence-corrected chi connectivity index (χ0v) is 15.0. The van der Waals surface area contributed by atoms with E-state index in [1.54, 1.807) is 0 Å². The highest BCUT2D eigenvalue weighted by Gasteiger charge is 2.26. The lowest BCUT2D eigenvalue weighted by Gasteiger charge is -2.28. The molecule has 0 saturated carbocycles. The maximum atomic E-state index is 12.2. The van der Waals surface area contributed by atoms with Crippen LogP contribution in [0.4, 0.5) is 0 Å².